The summed E-state index contributed by atoms with van der Waals surface area (Å²) in [6, 6.07) is 26.3. The Bertz CT molecular complexity index is 1120. The molecule has 1 heterocycles. The van der Waals surface area contributed by atoms with Crippen molar-refractivity contribution < 1.29 is 9.53 Å². The lowest BCUT2D eigenvalue weighted by atomic mass is 9.87. The third kappa shape index (κ3) is 5.12. The summed E-state index contributed by atoms with van der Waals surface area (Å²) in [5.41, 5.74) is 6.52. The molecule has 3 aromatic rings. The van der Waals surface area contributed by atoms with Crippen molar-refractivity contribution >= 4 is 5.91 Å². The molecular weight excluding hydrogens is 408 g/mol. The SMILES string of the molecule is Cc1cccc(CN2CCc3ccc(O[C@@H](C)C(=O)NC4CC4)cc3[C@@H]2c2ccccc2)c1. The largest absolute Gasteiger partial charge is 0.481 e. The average Bonchev–Trinajstić information content (AvgIpc) is 3.63. The van der Waals surface area contributed by atoms with Gasteiger partial charge in [-0.2, -0.15) is 0 Å². The average molecular weight is 441 g/mol. The third-order valence-electron chi connectivity index (χ3n) is 6.63. The van der Waals surface area contributed by atoms with Gasteiger partial charge < -0.3 is 10.1 Å². The van der Waals surface area contributed by atoms with Gasteiger partial charge in [0.2, 0.25) is 0 Å². The van der Waals surface area contributed by atoms with Crippen LogP contribution in [0.15, 0.2) is 72.8 Å². The number of hydrogen-bond acceptors (Lipinski definition) is 3. The summed E-state index contributed by atoms with van der Waals surface area (Å²) in [6.07, 6.45) is 2.65. The number of amides is 1. The maximum Gasteiger partial charge on any atom is 0.260 e. The zero-order valence-corrected chi connectivity index (χ0v) is 19.5. The van der Waals surface area contributed by atoms with Crippen LogP contribution in [-0.2, 0) is 17.8 Å². The molecule has 1 saturated carbocycles. The smallest absolute Gasteiger partial charge is 0.260 e. The maximum atomic E-state index is 12.4. The molecule has 0 unspecified atom stereocenters. The molecule has 0 saturated heterocycles. The normalized spacial score (nSPS) is 18.9. The molecule has 5 rings (SSSR count). The number of nitrogens with one attached hydrogen (secondary N) is 1. The number of aryl methyl sites for hydroxylation is 1. The molecule has 1 fully saturated rings. The lowest BCUT2D eigenvalue weighted by molar-refractivity contribution is -0.127. The number of nitrogens with zero attached hydrogens (tertiary/aromatic N) is 1. The van der Waals surface area contributed by atoms with E-state index in [-0.39, 0.29) is 11.9 Å². The van der Waals surface area contributed by atoms with Crippen LogP contribution in [0.4, 0.5) is 0 Å². The van der Waals surface area contributed by atoms with Crippen molar-refractivity contribution in [2.75, 3.05) is 6.54 Å². The molecule has 170 valence electrons. The van der Waals surface area contributed by atoms with Crippen molar-refractivity contribution in [3.8, 4) is 5.75 Å². The number of fused-ring (bicyclic) bond motifs is 1. The van der Waals surface area contributed by atoms with Gasteiger partial charge in [-0.3, -0.25) is 9.69 Å². The monoisotopic (exact) mass is 440 g/mol. The first kappa shape index (κ1) is 21.7. The van der Waals surface area contributed by atoms with Gasteiger partial charge in [0, 0.05) is 19.1 Å². The number of ether oxygens (including phenoxy) is 1. The van der Waals surface area contributed by atoms with Crippen LogP contribution in [0.25, 0.3) is 0 Å². The van der Waals surface area contributed by atoms with E-state index in [1.165, 1.54) is 27.8 Å². The summed E-state index contributed by atoms with van der Waals surface area (Å²) in [7, 11) is 0. The van der Waals surface area contributed by atoms with Crippen LogP contribution < -0.4 is 10.1 Å². The summed E-state index contributed by atoms with van der Waals surface area (Å²) < 4.78 is 6.09. The molecule has 0 spiro atoms. The van der Waals surface area contributed by atoms with E-state index in [0.717, 1.165) is 38.1 Å². The molecule has 1 aliphatic heterocycles. The zero-order chi connectivity index (χ0) is 22.8. The molecule has 3 aromatic carbocycles. The van der Waals surface area contributed by atoms with Gasteiger partial charge in [-0.15, -0.1) is 0 Å². The molecule has 4 heteroatoms. The van der Waals surface area contributed by atoms with Gasteiger partial charge in [-0.25, -0.2) is 0 Å². The van der Waals surface area contributed by atoms with Crippen LogP contribution in [0.5, 0.6) is 5.75 Å². The molecule has 0 aromatic heterocycles. The highest BCUT2D eigenvalue weighted by Gasteiger charge is 2.30. The second-order valence-electron chi connectivity index (χ2n) is 9.43. The Kier molecular flexibility index (Phi) is 6.19. The molecule has 0 radical (unpaired) electrons. The molecule has 0 bridgehead atoms. The van der Waals surface area contributed by atoms with Crippen molar-refractivity contribution in [3.05, 3.63) is 101 Å². The molecule has 1 amide bonds. The van der Waals surface area contributed by atoms with Gasteiger partial charge in [-0.1, -0.05) is 66.2 Å². The van der Waals surface area contributed by atoms with Gasteiger partial charge in [0.1, 0.15) is 5.75 Å². The molecule has 1 aliphatic carbocycles. The van der Waals surface area contributed by atoms with Crippen LogP contribution in [0.3, 0.4) is 0 Å². The molecule has 4 nitrogen and oxygen atoms in total. The van der Waals surface area contributed by atoms with Gasteiger partial charge in [0.15, 0.2) is 6.10 Å². The Hall–Kier alpha value is -3.11. The Morgan fingerprint density at radius 1 is 1.06 bits per heavy atom. The molecular formula is C29H32N2O2. The standard InChI is InChI=1S/C29H32N2O2/c1-20-7-6-8-22(17-20)19-31-16-15-23-11-14-26(33-21(2)29(32)30-25-12-13-25)18-27(23)28(31)24-9-4-3-5-10-24/h3-11,14,17-18,21,25,28H,12-13,15-16,19H2,1-2H3,(H,30,32)/t21-,28-/m0/s1. The maximum absolute atomic E-state index is 12.4. The topological polar surface area (TPSA) is 41.6 Å². The van der Waals surface area contributed by atoms with Crippen LogP contribution in [0.2, 0.25) is 0 Å². The minimum absolute atomic E-state index is 0.0316. The highest BCUT2D eigenvalue weighted by atomic mass is 16.5. The zero-order valence-electron chi connectivity index (χ0n) is 19.5. The van der Waals surface area contributed by atoms with Crippen molar-refractivity contribution in [2.24, 2.45) is 0 Å². The lowest BCUT2D eigenvalue weighted by Crippen LogP contribution is -2.38. The highest BCUT2D eigenvalue weighted by Crippen LogP contribution is 2.38. The van der Waals surface area contributed by atoms with E-state index in [2.05, 4.69) is 83.9 Å². The van der Waals surface area contributed by atoms with Crippen molar-refractivity contribution in [2.45, 2.75) is 57.8 Å². The summed E-state index contributed by atoms with van der Waals surface area (Å²) in [4.78, 5) is 15.0. The van der Waals surface area contributed by atoms with Gasteiger partial charge in [0.05, 0.1) is 6.04 Å². The van der Waals surface area contributed by atoms with E-state index >= 15 is 0 Å². The van der Waals surface area contributed by atoms with E-state index in [4.69, 9.17) is 4.74 Å². The van der Waals surface area contributed by atoms with E-state index in [1.54, 1.807) is 0 Å². The lowest BCUT2D eigenvalue weighted by Gasteiger charge is -2.38. The minimum atomic E-state index is -0.509. The Balaban J connectivity index is 1.44. The van der Waals surface area contributed by atoms with Crippen LogP contribution in [0.1, 0.15) is 53.6 Å². The van der Waals surface area contributed by atoms with Crippen molar-refractivity contribution in [3.63, 3.8) is 0 Å². The second kappa shape index (κ2) is 9.40. The molecule has 33 heavy (non-hydrogen) atoms. The van der Waals surface area contributed by atoms with Crippen LogP contribution in [0, 0.1) is 6.92 Å². The number of carbonyl (C=O) groups excluding carboxylic acids is 1. The Morgan fingerprint density at radius 3 is 2.64 bits per heavy atom. The third-order valence-corrected chi connectivity index (χ3v) is 6.63. The fourth-order valence-electron chi connectivity index (χ4n) is 4.76. The molecule has 1 N–H and O–H groups in total. The van der Waals surface area contributed by atoms with E-state index < -0.39 is 6.10 Å². The van der Waals surface area contributed by atoms with Gasteiger partial charge in [0.25, 0.3) is 5.91 Å². The minimum Gasteiger partial charge on any atom is -0.481 e. The van der Waals surface area contributed by atoms with E-state index in [9.17, 15) is 4.79 Å². The van der Waals surface area contributed by atoms with E-state index in [0.29, 0.717) is 6.04 Å². The summed E-state index contributed by atoms with van der Waals surface area (Å²) in [5, 5.41) is 3.04. The second-order valence-corrected chi connectivity index (χ2v) is 9.43. The molecule has 2 atom stereocenters. The Morgan fingerprint density at radius 2 is 1.88 bits per heavy atom. The Labute approximate surface area is 196 Å². The van der Waals surface area contributed by atoms with Crippen molar-refractivity contribution in [1.29, 1.82) is 0 Å². The number of benzene rings is 3. The first-order valence-corrected chi connectivity index (χ1v) is 12.0. The predicted octanol–water partition coefficient (Wildman–Crippen LogP) is 5.19. The first-order chi connectivity index (χ1) is 16.1. The first-order valence-electron chi connectivity index (χ1n) is 12.0. The summed E-state index contributed by atoms with van der Waals surface area (Å²) in [6.45, 7) is 5.87. The number of hydrogen-bond donors (Lipinski definition) is 1. The quantitative estimate of drug-likeness (QED) is 0.550. The predicted molar refractivity (Wildman–Crippen MR) is 131 cm³/mol. The van der Waals surface area contributed by atoms with Crippen molar-refractivity contribution in [1.82, 2.24) is 10.2 Å². The molecule has 2 aliphatic rings. The summed E-state index contributed by atoms with van der Waals surface area (Å²) >= 11 is 0. The van der Waals surface area contributed by atoms with Crippen LogP contribution >= 0.6 is 0 Å². The van der Waals surface area contributed by atoms with E-state index in [1.807, 2.05) is 13.0 Å². The fraction of sp³-hybridized carbons (Fsp3) is 0.345. The number of carbonyl (C=O) groups is 1. The number of rotatable bonds is 7. The highest BCUT2D eigenvalue weighted by molar-refractivity contribution is 5.81. The van der Waals surface area contributed by atoms with Gasteiger partial charge in [-0.05, 0) is 67.5 Å². The summed E-state index contributed by atoms with van der Waals surface area (Å²) in [5.74, 6) is 0.724. The van der Waals surface area contributed by atoms with Gasteiger partial charge >= 0.3 is 0 Å². The fourth-order valence-corrected chi connectivity index (χ4v) is 4.76. The van der Waals surface area contributed by atoms with Crippen LogP contribution in [-0.4, -0.2) is 29.5 Å².